The summed E-state index contributed by atoms with van der Waals surface area (Å²) in [5.74, 6) is 2.00. The van der Waals surface area contributed by atoms with Gasteiger partial charge in [-0.2, -0.15) is 4.98 Å². The van der Waals surface area contributed by atoms with Gasteiger partial charge in [0.15, 0.2) is 0 Å². The molecule has 5 nitrogen and oxygen atoms in total. The molecule has 0 unspecified atom stereocenters. The van der Waals surface area contributed by atoms with Crippen LogP contribution in [0.2, 0.25) is 0 Å². The molecule has 3 N–H and O–H groups in total. The molecule has 1 aromatic rings. The molecular weight excluding hydrogens is 226 g/mol. The van der Waals surface area contributed by atoms with E-state index >= 15 is 0 Å². The van der Waals surface area contributed by atoms with Gasteiger partial charge >= 0.3 is 0 Å². The number of nitrogen functional groups attached to an aromatic ring is 1. The van der Waals surface area contributed by atoms with Gasteiger partial charge in [-0.05, 0) is 26.8 Å². The van der Waals surface area contributed by atoms with Crippen LogP contribution in [0.5, 0.6) is 0 Å². The number of aromatic nitrogens is 2. The Morgan fingerprint density at radius 1 is 1.39 bits per heavy atom. The number of anilines is 2. The van der Waals surface area contributed by atoms with Gasteiger partial charge in [0.2, 0.25) is 5.95 Å². The average molecular weight is 247 g/mol. The third-order valence-corrected chi connectivity index (χ3v) is 4.28. The van der Waals surface area contributed by atoms with Crippen LogP contribution in [0.1, 0.15) is 37.8 Å². The highest BCUT2D eigenvalue weighted by Gasteiger charge is 2.38. The van der Waals surface area contributed by atoms with Gasteiger partial charge in [-0.25, -0.2) is 4.98 Å². The van der Waals surface area contributed by atoms with Gasteiger partial charge in [0.25, 0.3) is 0 Å². The molecule has 1 saturated heterocycles. The van der Waals surface area contributed by atoms with Crippen molar-refractivity contribution in [1.29, 1.82) is 0 Å². The van der Waals surface area contributed by atoms with Crippen molar-refractivity contribution in [3.8, 4) is 0 Å². The second kappa shape index (κ2) is 4.09. The molecule has 18 heavy (non-hydrogen) atoms. The summed E-state index contributed by atoms with van der Waals surface area (Å²) < 4.78 is 0. The van der Waals surface area contributed by atoms with E-state index in [1.54, 1.807) is 0 Å². The molecule has 2 fully saturated rings. The first-order chi connectivity index (χ1) is 8.59. The van der Waals surface area contributed by atoms with Crippen LogP contribution < -0.4 is 16.0 Å². The molecule has 0 atom stereocenters. The fourth-order valence-electron chi connectivity index (χ4n) is 2.66. The highest BCUT2D eigenvalue weighted by atomic mass is 15.3. The molecule has 5 heteroatoms. The second-order valence-electron chi connectivity index (χ2n) is 5.80. The zero-order valence-corrected chi connectivity index (χ0v) is 11.1. The molecule has 3 rings (SSSR count). The van der Waals surface area contributed by atoms with Crippen LogP contribution in [-0.4, -0.2) is 35.6 Å². The van der Waals surface area contributed by atoms with E-state index in [1.165, 1.54) is 19.3 Å². The summed E-state index contributed by atoms with van der Waals surface area (Å²) in [6, 6.07) is 2.12. The first-order valence-electron chi connectivity index (χ1n) is 6.68. The molecule has 1 aliphatic heterocycles. The van der Waals surface area contributed by atoms with Crippen molar-refractivity contribution in [1.82, 2.24) is 15.3 Å². The van der Waals surface area contributed by atoms with Gasteiger partial charge in [-0.15, -0.1) is 0 Å². The summed E-state index contributed by atoms with van der Waals surface area (Å²) in [5.41, 5.74) is 7.16. The standard InChI is InChI=1S/C13H21N5/c1-13(15-2)7-18(8-13)11-6-10(9-4-3-5-9)16-12(14)17-11/h6,9,15H,3-5,7-8H2,1-2H3,(H2,14,16,17). The molecule has 0 spiro atoms. The molecule has 0 radical (unpaired) electrons. The monoisotopic (exact) mass is 247 g/mol. The summed E-state index contributed by atoms with van der Waals surface area (Å²) in [7, 11) is 2.01. The number of nitrogens with two attached hydrogens (primary N) is 1. The highest BCUT2D eigenvalue weighted by molar-refractivity contribution is 5.48. The summed E-state index contributed by atoms with van der Waals surface area (Å²) in [5, 5.41) is 3.34. The van der Waals surface area contributed by atoms with E-state index in [2.05, 4.69) is 33.2 Å². The first-order valence-corrected chi connectivity index (χ1v) is 6.68. The van der Waals surface area contributed by atoms with Crippen molar-refractivity contribution >= 4 is 11.8 Å². The molecule has 0 amide bonds. The number of likely N-dealkylation sites (N-methyl/N-ethyl adjacent to an activating group) is 1. The van der Waals surface area contributed by atoms with E-state index in [1.807, 2.05) is 7.05 Å². The predicted molar refractivity (Wildman–Crippen MR) is 72.7 cm³/mol. The van der Waals surface area contributed by atoms with Crippen molar-refractivity contribution in [2.75, 3.05) is 30.8 Å². The van der Waals surface area contributed by atoms with Crippen LogP contribution in [0, 0.1) is 0 Å². The topological polar surface area (TPSA) is 67.1 Å². The summed E-state index contributed by atoms with van der Waals surface area (Å²) in [4.78, 5) is 11.0. The van der Waals surface area contributed by atoms with Crippen LogP contribution in [0.25, 0.3) is 0 Å². The second-order valence-corrected chi connectivity index (χ2v) is 5.80. The van der Waals surface area contributed by atoms with Crippen molar-refractivity contribution in [3.63, 3.8) is 0 Å². The number of hydrogen-bond donors (Lipinski definition) is 2. The zero-order chi connectivity index (χ0) is 12.8. The maximum Gasteiger partial charge on any atom is 0.222 e. The molecule has 0 aromatic carbocycles. The Balaban J connectivity index is 1.78. The van der Waals surface area contributed by atoms with E-state index in [9.17, 15) is 0 Å². The Morgan fingerprint density at radius 2 is 2.11 bits per heavy atom. The molecule has 1 saturated carbocycles. The maximum atomic E-state index is 5.83. The normalized spacial score (nSPS) is 22.4. The first kappa shape index (κ1) is 11.7. The third kappa shape index (κ3) is 1.92. The van der Waals surface area contributed by atoms with Gasteiger partial charge in [-0.3, -0.25) is 0 Å². The smallest absolute Gasteiger partial charge is 0.222 e. The van der Waals surface area contributed by atoms with Crippen LogP contribution in [-0.2, 0) is 0 Å². The van der Waals surface area contributed by atoms with Crippen molar-refractivity contribution < 1.29 is 0 Å². The Hall–Kier alpha value is -1.36. The van der Waals surface area contributed by atoms with Gasteiger partial charge in [0.1, 0.15) is 5.82 Å². The van der Waals surface area contributed by atoms with Gasteiger partial charge in [0.05, 0.1) is 11.2 Å². The van der Waals surface area contributed by atoms with E-state index in [4.69, 9.17) is 5.73 Å². The Bertz CT molecular complexity index is 449. The highest BCUT2D eigenvalue weighted by Crippen LogP contribution is 2.37. The minimum Gasteiger partial charge on any atom is -0.368 e. The average Bonchev–Trinajstić information content (AvgIpc) is 2.21. The lowest BCUT2D eigenvalue weighted by Gasteiger charge is -2.48. The number of rotatable bonds is 3. The lowest BCUT2D eigenvalue weighted by molar-refractivity contribution is 0.301. The molecule has 1 aromatic heterocycles. The van der Waals surface area contributed by atoms with Crippen LogP contribution in [0.15, 0.2) is 6.07 Å². The number of nitrogens with zero attached hydrogens (tertiary/aromatic N) is 3. The van der Waals surface area contributed by atoms with Crippen LogP contribution in [0.3, 0.4) is 0 Å². The molecule has 2 aliphatic rings. The minimum atomic E-state index is 0.205. The molecule has 98 valence electrons. The number of hydrogen-bond acceptors (Lipinski definition) is 5. The Labute approximate surface area is 108 Å². The quantitative estimate of drug-likeness (QED) is 0.838. The Kier molecular flexibility index (Phi) is 2.66. The Morgan fingerprint density at radius 3 is 2.67 bits per heavy atom. The predicted octanol–water partition coefficient (Wildman–Crippen LogP) is 1.12. The SMILES string of the molecule is CNC1(C)CN(c2cc(C3CCC3)nc(N)n2)C1. The van der Waals surface area contributed by atoms with Crippen molar-refractivity contribution in [2.24, 2.45) is 0 Å². The van der Waals surface area contributed by atoms with E-state index in [-0.39, 0.29) is 5.54 Å². The zero-order valence-electron chi connectivity index (χ0n) is 11.1. The minimum absolute atomic E-state index is 0.205. The van der Waals surface area contributed by atoms with E-state index < -0.39 is 0 Å². The fraction of sp³-hybridized carbons (Fsp3) is 0.692. The number of nitrogens with one attached hydrogen (secondary N) is 1. The third-order valence-electron chi connectivity index (χ3n) is 4.28. The van der Waals surface area contributed by atoms with Crippen LogP contribution >= 0.6 is 0 Å². The van der Waals surface area contributed by atoms with Crippen molar-refractivity contribution in [3.05, 3.63) is 11.8 Å². The van der Waals surface area contributed by atoms with E-state index in [0.29, 0.717) is 11.9 Å². The van der Waals surface area contributed by atoms with Crippen molar-refractivity contribution in [2.45, 2.75) is 37.6 Å². The van der Waals surface area contributed by atoms with Crippen LogP contribution in [0.4, 0.5) is 11.8 Å². The maximum absolute atomic E-state index is 5.83. The lowest BCUT2D eigenvalue weighted by atomic mass is 9.82. The molecule has 1 aliphatic carbocycles. The molecule has 0 bridgehead atoms. The summed E-state index contributed by atoms with van der Waals surface area (Å²) in [6.45, 7) is 4.18. The summed E-state index contributed by atoms with van der Waals surface area (Å²) >= 11 is 0. The molecular formula is C13H21N5. The summed E-state index contributed by atoms with van der Waals surface area (Å²) in [6.07, 6.45) is 3.79. The fourth-order valence-corrected chi connectivity index (χ4v) is 2.66. The van der Waals surface area contributed by atoms with Gasteiger partial charge in [0, 0.05) is 25.1 Å². The van der Waals surface area contributed by atoms with E-state index in [0.717, 1.165) is 24.6 Å². The van der Waals surface area contributed by atoms with Gasteiger partial charge < -0.3 is 16.0 Å². The largest absolute Gasteiger partial charge is 0.368 e. The molecule has 2 heterocycles. The van der Waals surface area contributed by atoms with Gasteiger partial charge in [-0.1, -0.05) is 6.42 Å². The lowest BCUT2D eigenvalue weighted by Crippen LogP contribution is -2.67.